The Morgan fingerprint density at radius 3 is 2.77 bits per heavy atom. The van der Waals surface area contributed by atoms with E-state index >= 15 is 0 Å². The summed E-state index contributed by atoms with van der Waals surface area (Å²) < 4.78 is 6.61. The van der Waals surface area contributed by atoms with E-state index in [1.54, 1.807) is 11.7 Å². The molecule has 0 saturated carbocycles. The number of para-hydroxylation sites is 2. The van der Waals surface area contributed by atoms with E-state index < -0.39 is 0 Å². The standard InChI is InChI=1S/C19H26N4O3/c1-26-14-10-20-17(24)9-13-23-16-8-4-3-7-15(16)21-18(19(23)25)22-11-5-2-6-12-22/h3-4,7-8H,2,5-6,9-14H2,1H3,(H,20,24). The van der Waals surface area contributed by atoms with E-state index in [1.807, 2.05) is 24.3 Å². The summed E-state index contributed by atoms with van der Waals surface area (Å²) in [5.41, 5.74) is 1.44. The Kier molecular flexibility index (Phi) is 6.22. The second-order valence-electron chi connectivity index (χ2n) is 6.52. The highest BCUT2D eigenvalue weighted by Crippen LogP contribution is 2.18. The lowest BCUT2D eigenvalue weighted by atomic mass is 10.1. The Morgan fingerprint density at radius 2 is 2.00 bits per heavy atom. The van der Waals surface area contributed by atoms with Gasteiger partial charge >= 0.3 is 0 Å². The highest BCUT2D eigenvalue weighted by Gasteiger charge is 2.19. The van der Waals surface area contributed by atoms with Crippen LogP contribution in [0.1, 0.15) is 25.7 Å². The number of carbonyl (C=O) groups excluding carboxylic acids is 1. The lowest BCUT2D eigenvalue weighted by Gasteiger charge is -2.27. The number of nitrogens with one attached hydrogen (secondary N) is 1. The van der Waals surface area contributed by atoms with Crippen LogP contribution in [0.25, 0.3) is 11.0 Å². The Morgan fingerprint density at radius 1 is 1.23 bits per heavy atom. The average molecular weight is 358 g/mol. The smallest absolute Gasteiger partial charge is 0.294 e. The number of fused-ring (bicyclic) bond motifs is 1. The lowest BCUT2D eigenvalue weighted by molar-refractivity contribution is -0.121. The summed E-state index contributed by atoms with van der Waals surface area (Å²) in [5.74, 6) is 0.414. The Balaban J connectivity index is 1.86. The molecule has 1 saturated heterocycles. The predicted octanol–water partition coefficient (Wildman–Crippen LogP) is 1.54. The van der Waals surface area contributed by atoms with Crippen LogP contribution in [-0.4, -0.2) is 48.8 Å². The van der Waals surface area contributed by atoms with Crippen LogP contribution in [0.15, 0.2) is 29.1 Å². The molecule has 0 atom stereocenters. The number of carbonyl (C=O) groups is 1. The van der Waals surface area contributed by atoms with Crippen molar-refractivity contribution < 1.29 is 9.53 Å². The zero-order valence-electron chi connectivity index (χ0n) is 15.2. The Labute approximate surface area is 153 Å². The molecule has 1 N–H and O–H groups in total. The largest absolute Gasteiger partial charge is 0.383 e. The molecule has 2 aromatic rings. The molecule has 1 aromatic carbocycles. The number of nitrogens with zero attached hydrogens (tertiary/aromatic N) is 3. The fourth-order valence-electron chi connectivity index (χ4n) is 3.31. The van der Waals surface area contributed by atoms with Crippen molar-refractivity contribution in [2.24, 2.45) is 0 Å². The van der Waals surface area contributed by atoms with E-state index in [-0.39, 0.29) is 17.9 Å². The van der Waals surface area contributed by atoms with Crippen molar-refractivity contribution in [2.45, 2.75) is 32.2 Å². The van der Waals surface area contributed by atoms with Gasteiger partial charge in [0.05, 0.1) is 17.6 Å². The second kappa shape index (κ2) is 8.80. The number of rotatable bonds is 7. The van der Waals surface area contributed by atoms with Crippen molar-refractivity contribution in [3.05, 3.63) is 34.6 Å². The number of anilines is 1. The molecule has 0 unspecified atom stereocenters. The number of amides is 1. The topological polar surface area (TPSA) is 76.5 Å². The number of benzene rings is 1. The van der Waals surface area contributed by atoms with Crippen LogP contribution in [-0.2, 0) is 16.1 Å². The monoisotopic (exact) mass is 358 g/mol. The molecule has 0 aliphatic carbocycles. The molecule has 1 amide bonds. The van der Waals surface area contributed by atoms with Gasteiger partial charge in [0, 0.05) is 39.7 Å². The first-order chi connectivity index (χ1) is 12.7. The van der Waals surface area contributed by atoms with Crippen molar-refractivity contribution in [2.75, 3.05) is 38.3 Å². The maximum Gasteiger partial charge on any atom is 0.294 e. The van der Waals surface area contributed by atoms with Crippen LogP contribution in [0.5, 0.6) is 0 Å². The molecule has 1 fully saturated rings. The molecule has 0 radical (unpaired) electrons. The molecule has 2 heterocycles. The maximum atomic E-state index is 13.1. The fourth-order valence-corrected chi connectivity index (χ4v) is 3.31. The summed E-state index contributed by atoms with van der Waals surface area (Å²) in [5, 5.41) is 2.79. The number of hydrogen-bond acceptors (Lipinski definition) is 5. The lowest BCUT2D eigenvalue weighted by Crippen LogP contribution is -2.37. The molecule has 140 valence electrons. The van der Waals surface area contributed by atoms with Crippen LogP contribution in [0.3, 0.4) is 0 Å². The van der Waals surface area contributed by atoms with Gasteiger partial charge in [-0.1, -0.05) is 12.1 Å². The molecule has 0 spiro atoms. The third kappa shape index (κ3) is 4.22. The first-order valence-electron chi connectivity index (χ1n) is 9.21. The van der Waals surface area contributed by atoms with Crippen molar-refractivity contribution >= 4 is 22.8 Å². The first-order valence-corrected chi connectivity index (χ1v) is 9.21. The normalized spacial score (nSPS) is 14.6. The maximum absolute atomic E-state index is 13.1. The molecular formula is C19H26N4O3. The number of aryl methyl sites for hydroxylation is 1. The van der Waals surface area contributed by atoms with Gasteiger partial charge in [0.2, 0.25) is 5.91 Å². The summed E-state index contributed by atoms with van der Waals surface area (Å²) in [4.78, 5) is 31.8. The molecule has 7 nitrogen and oxygen atoms in total. The molecule has 0 bridgehead atoms. The third-order valence-electron chi connectivity index (χ3n) is 4.68. The molecule has 1 aromatic heterocycles. The third-order valence-corrected chi connectivity index (χ3v) is 4.68. The summed E-state index contributed by atoms with van der Waals surface area (Å²) in [6.07, 6.45) is 3.60. The number of ether oxygens (including phenoxy) is 1. The Hall–Kier alpha value is -2.41. The van der Waals surface area contributed by atoms with Gasteiger partial charge in [0.25, 0.3) is 5.56 Å². The van der Waals surface area contributed by atoms with Crippen LogP contribution < -0.4 is 15.8 Å². The van der Waals surface area contributed by atoms with Gasteiger partial charge in [-0.2, -0.15) is 0 Å². The van der Waals surface area contributed by atoms with Crippen molar-refractivity contribution in [1.82, 2.24) is 14.9 Å². The second-order valence-corrected chi connectivity index (χ2v) is 6.52. The number of aromatic nitrogens is 2. The van der Waals surface area contributed by atoms with Gasteiger partial charge in [0.1, 0.15) is 0 Å². The van der Waals surface area contributed by atoms with Crippen LogP contribution in [0, 0.1) is 0 Å². The zero-order chi connectivity index (χ0) is 18.4. The first kappa shape index (κ1) is 18.4. The van der Waals surface area contributed by atoms with Crippen molar-refractivity contribution in [3.63, 3.8) is 0 Å². The highest BCUT2D eigenvalue weighted by molar-refractivity contribution is 5.78. The summed E-state index contributed by atoms with van der Waals surface area (Å²) in [6, 6.07) is 7.60. The average Bonchev–Trinajstić information content (AvgIpc) is 2.68. The van der Waals surface area contributed by atoms with Crippen molar-refractivity contribution in [1.29, 1.82) is 0 Å². The van der Waals surface area contributed by atoms with E-state index in [1.165, 1.54) is 6.42 Å². The molecule has 7 heteroatoms. The fraction of sp³-hybridized carbons (Fsp3) is 0.526. The Bertz CT molecular complexity index is 812. The van der Waals surface area contributed by atoms with E-state index in [2.05, 4.69) is 15.2 Å². The van der Waals surface area contributed by atoms with Gasteiger partial charge in [-0.05, 0) is 31.4 Å². The van der Waals surface area contributed by atoms with E-state index in [9.17, 15) is 9.59 Å². The van der Waals surface area contributed by atoms with Gasteiger partial charge in [0.15, 0.2) is 5.82 Å². The molecular weight excluding hydrogens is 332 g/mol. The van der Waals surface area contributed by atoms with Gasteiger partial charge in [-0.3, -0.25) is 9.59 Å². The number of hydrogen-bond donors (Lipinski definition) is 1. The predicted molar refractivity (Wildman–Crippen MR) is 102 cm³/mol. The highest BCUT2D eigenvalue weighted by atomic mass is 16.5. The molecule has 1 aliphatic rings. The number of methoxy groups -OCH3 is 1. The summed E-state index contributed by atoms with van der Waals surface area (Å²) >= 11 is 0. The van der Waals surface area contributed by atoms with Crippen LogP contribution in [0.4, 0.5) is 5.82 Å². The van der Waals surface area contributed by atoms with Crippen LogP contribution in [0.2, 0.25) is 0 Å². The van der Waals surface area contributed by atoms with Crippen LogP contribution >= 0.6 is 0 Å². The summed E-state index contributed by atoms with van der Waals surface area (Å²) in [7, 11) is 1.59. The van der Waals surface area contributed by atoms with E-state index in [0.29, 0.717) is 25.5 Å². The minimum absolute atomic E-state index is 0.0886. The molecule has 1 aliphatic heterocycles. The molecule has 3 rings (SSSR count). The molecule has 26 heavy (non-hydrogen) atoms. The van der Waals surface area contributed by atoms with Gasteiger partial charge in [-0.15, -0.1) is 0 Å². The minimum atomic E-state index is -0.115. The number of piperidine rings is 1. The minimum Gasteiger partial charge on any atom is -0.383 e. The zero-order valence-corrected chi connectivity index (χ0v) is 15.2. The quantitative estimate of drug-likeness (QED) is 0.760. The van der Waals surface area contributed by atoms with E-state index in [0.717, 1.165) is 37.0 Å². The van der Waals surface area contributed by atoms with Gasteiger partial charge in [-0.25, -0.2) is 4.98 Å². The SMILES string of the molecule is COCCNC(=O)CCn1c(=O)c(N2CCCCC2)nc2ccccc21. The van der Waals surface area contributed by atoms with Gasteiger partial charge < -0.3 is 19.5 Å². The summed E-state index contributed by atoms with van der Waals surface area (Å²) in [6.45, 7) is 3.00. The van der Waals surface area contributed by atoms with E-state index in [4.69, 9.17) is 4.74 Å². The van der Waals surface area contributed by atoms with Crippen molar-refractivity contribution in [3.8, 4) is 0 Å².